The molecule has 3 nitrogen and oxygen atoms in total. The molecule has 1 saturated heterocycles. The first-order valence-electron chi connectivity index (χ1n) is 7.63. The van der Waals surface area contributed by atoms with E-state index in [2.05, 4.69) is 31.1 Å². The molecule has 1 saturated carbocycles. The summed E-state index contributed by atoms with van der Waals surface area (Å²) in [6, 6.07) is 0. The Bertz CT molecular complexity index is 263. The van der Waals surface area contributed by atoms with Crippen LogP contribution in [0.4, 0.5) is 0 Å². The maximum Gasteiger partial charge on any atom is 0.0583 e. The van der Waals surface area contributed by atoms with Crippen LogP contribution >= 0.6 is 0 Å². The van der Waals surface area contributed by atoms with Gasteiger partial charge in [-0.1, -0.05) is 20.3 Å². The molecule has 0 spiro atoms. The molecule has 2 fully saturated rings. The SMILES string of the molecule is CCCC(C)(CNC)CN1CC2CCC(O)C2C1. The molecule has 2 N–H and O–H groups in total. The topological polar surface area (TPSA) is 35.5 Å². The monoisotopic (exact) mass is 254 g/mol. The molecular weight excluding hydrogens is 224 g/mol. The Hall–Kier alpha value is -0.120. The summed E-state index contributed by atoms with van der Waals surface area (Å²) in [5, 5.41) is 13.3. The Kier molecular flexibility index (Phi) is 4.68. The summed E-state index contributed by atoms with van der Waals surface area (Å²) >= 11 is 0. The molecule has 0 radical (unpaired) electrons. The third-order valence-electron chi connectivity index (χ3n) is 4.96. The van der Waals surface area contributed by atoms with Crippen molar-refractivity contribution in [2.24, 2.45) is 17.3 Å². The van der Waals surface area contributed by atoms with Gasteiger partial charge in [-0.25, -0.2) is 0 Å². The van der Waals surface area contributed by atoms with Crippen molar-refractivity contribution in [3.63, 3.8) is 0 Å². The van der Waals surface area contributed by atoms with Gasteiger partial charge in [0, 0.05) is 32.1 Å². The van der Waals surface area contributed by atoms with Crippen molar-refractivity contribution < 1.29 is 5.11 Å². The molecule has 4 atom stereocenters. The first-order valence-corrected chi connectivity index (χ1v) is 7.63. The largest absolute Gasteiger partial charge is 0.393 e. The zero-order chi connectivity index (χ0) is 13.2. The molecule has 4 unspecified atom stereocenters. The van der Waals surface area contributed by atoms with E-state index < -0.39 is 0 Å². The van der Waals surface area contributed by atoms with E-state index in [1.165, 1.54) is 32.4 Å². The standard InChI is InChI=1S/C15H30N2O/c1-4-7-15(2,10-16-3)11-17-8-12-5-6-14(18)13(12)9-17/h12-14,16,18H,4-11H2,1-3H3. The van der Waals surface area contributed by atoms with Crippen LogP contribution in [0.3, 0.4) is 0 Å². The van der Waals surface area contributed by atoms with Gasteiger partial charge in [0.15, 0.2) is 0 Å². The highest BCUT2D eigenvalue weighted by atomic mass is 16.3. The molecule has 3 heteroatoms. The van der Waals surface area contributed by atoms with Crippen molar-refractivity contribution in [2.75, 3.05) is 33.2 Å². The normalized spacial score (nSPS) is 35.7. The third kappa shape index (κ3) is 3.06. The Morgan fingerprint density at radius 2 is 2.11 bits per heavy atom. The summed E-state index contributed by atoms with van der Waals surface area (Å²) < 4.78 is 0. The lowest BCUT2D eigenvalue weighted by Gasteiger charge is -2.34. The lowest BCUT2D eigenvalue weighted by atomic mass is 9.85. The first-order chi connectivity index (χ1) is 8.58. The number of hydrogen-bond acceptors (Lipinski definition) is 3. The maximum absolute atomic E-state index is 9.98. The molecule has 0 aromatic rings. The lowest BCUT2D eigenvalue weighted by Crippen LogP contribution is -2.41. The van der Waals surface area contributed by atoms with E-state index in [0.29, 0.717) is 11.3 Å². The molecule has 106 valence electrons. The van der Waals surface area contributed by atoms with Gasteiger partial charge in [0.2, 0.25) is 0 Å². The van der Waals surface area contributed by atoms with Crippen LogP contribution in [-0.2, 0) is 0 Å². The minimum atomic E-state index is -0.0262. The lowest BCUT2D eigenvalue weighted by molar-refractivity contribution is 0.113. The summed E-state index contributed by atoms with van der Waals surface area (Å²) in [5.41, 5.74) is 0.382. The van der Waals surface area contributed by atoms with E-state index in [-0.39, 0.29) is 6.10 Å². The average Bonchev–Trinajstić information content (AvgIpc) is 2.82. The quantitative estimate of drug-likeness (QED) is 0.757. The minimum absolute atomic E-state index is 0.0262. The number of nitrogens with zero attached hydrogens (tertiary/aromatic N) is 1. The van der Waals surface area contributed by atoms with E-state index in [1.807, 2.05) is 0 Å². The van der Waals surface area contributed by atoms with Gasteiger partial charge in [0.05, 0.1) is 6.10 Å². The predicted octanol–water partition coefficient (Wildman–Crippen LogP) is 1.71. The molecule has 18 heavy (non-hydrogen) atoms. The third-order valence-corrected chi connectivity index (χ3v) is 4.96. The highest BCUT2D eigenvalue weighted by Gasteiger charge is 2.43. The molecule has 0 aromatic heterocycles. The molecule has 0 bridgehead atoms. The number of aliphatic hydroxyl groups is 1. The maximum atomic E-state index is 9.98. The van der Waals surface area contributed by atoms with Crippen LogP contribution in [0.15, 0.2) is 0 Å². The highest BCUT2D eigenvalue weighted by molar-refractivity contribution is 4.95. The van der Waals surface area contributed by atoms with E-state index >= 15 is 0 Å². The van der Waals surface area contributed by atoms with Crippen LogP contribution in [0, 0.1) is 17.3 Å². The Labute approximate surface area is 112 Å². The van der Waals surface area contributed by atoms with Gasteiger partial charge >= 0.3 is 0 Å². The van der Waals surface area contributed by atoms with Crippen LogP contribution in [0.2, 0.25) is 0 Å². The molecule has 0 amide bonds. The number of nitrogens with one attached hydrogen (secondary N) is 1. The number of fused-ring (bicyclic) bond motifs is 1. The molecule has 2 aliphatic rings. The van der Waals surface area contributed by atoms with Crippen molar-refractivity contribution in [1.82, 2.24) is 10.2 Å². The molecule has 2 rings (SSSR count). The molecule has 1 heterocycles. The highest BCUT2D eigenvalue weighted by Crippen LogP contribution is 2.39. The van der Waals surface area contributed by atoms with Crippen LogP contribution in [0.25, 0.3) is 0 Å². The molecule has 1 aliphatic carbocycles. The summed E-state index contributed by atoms with van der Waals surface area (Å²) in [4.78, 5) is 2.60. The zero-order valence-corrected chi connectivity index (χ0v) is 12.3. The van der Waals surface area contributed by atoms with Crippen molar-refractivity contribution in [3.8, 4) is 0 Å². The smallest absolute Gasteiger partial charge is 0.0583 e. The van der Waals surface area contributed by atoms with Crippen molar-refractivity contribution in [1.29, 1.82) is 0 Å². The van der Waals surface area contributed by atoms with Crippen LogP contribution in [0.1, 0.15) is 39.5 Å². The fourth-order valence-corrected chi connectivity index (χ4v) is 4.25. The summed E-state index contributed by atoms with van der Waals surface area (Å²) in [5.74, 6) is 1.32. The van der Waals surface area contributed by atoms with E-state index in [4.69, 9.17) is 0 Å². The Morgan fingerprint density at radius 1 is 1.33 bits per heavy atom. The molecular formula is C15H30N2O. The number of rotatable bonds is 6. The van der Waals surface area contributed by atoms with Gasteiger partial charge in [0.1, 0.15) is 0 Å². The van der Waals surface area contributed by atoms with Gasteiger partial charge < -0.3 is 15.3 Å². The Balaban J connectivity index is 1.89. The van der Waals surface area contributed by atoms with Crippen molar-refractivity contribution >= 4 is 0 Å². The van der Waals surface area contributed by atoms with Crippen molar-refractivity contribution in [3.05, 3.63) is 0 Å². The predicted molar refractivity (Wildman–Crippen MR) is 75.6 cm³/mol. The number of aliphatic hydroxyl groups excluding tert-OH is 1. The number of likely N-dealkylation sites (tertiary alicyclic amines) is 1. The summed E-state index contributed by atoms with van der Waals surface area (Å²) in [6.45, 7) is 9.28. The van der Waals surface area contributed by atoms with Gasteiger partial charge in [-0.15, -0.1) is 0 Å². The first kappa shape index (κ1) is 14.3. The molecule has 1 aliphatic heterocycles. The van der Waals surface area contributed by atoms with Gasteiger partial charge in [-0.05, 0) is 37.6 Å². The fraction of sp³-hybridized carbons (Fsp3) is 1.00. The van der Waals surface area contributed by atoms with Crippen LogP contribution in [0.5, 0.6) is 0 Å². The Morgan fingerprint density at radius 3 is 2.72 bits per heavy atom. The summed E-state index contributed by atoms with van der Waals surface area (Å²) in [7, 11) is 2.05. The fourth-order valence-electron chi connectivity index (χ4n) is 4.25. The minimum Gasteiger partial charge on any atom is -0.393 e. The van der Waals surface area contributed by atoms with Gasteiger partial charge in [-0.2, -0.15) is 0 Å². The average molecular weight is 254 g/mol. The zero-order valence-electron chi connectivity index (χ0n) is 12.3. The van der Waals surface area contributed by atoms with E-state index in [0.717, 1.165) is 25.4 Å². The second kappa shape index (κ2) is 5.89. The van der Waals surface area contributed by atoms with E-state index in [9.17, 15) is 5.11 Å². The van der Waals surface area contributed by atoms with Crippen LogP contribution < -0.4 is 5.32 Å². The second-order valence-corrected chi connectivity index (χ2v) is 6.85. The number of hydrogen-bond donors (Lipinski definition) is 2. The summed E-state index contributed by atoms with van der Waals surface area (Å²) in [6.07, 6.45) is 4.77. The van der Waals surface area contributed by atoms with Crippen molar-refractivity contribution in [2.45, 2.75) is 45.6 Å². The second-order valence-electron chi connectivity index (χ2n) is 6.85. The van der Waals surface area contributed by atoms with Crippen LogP contribution in [-0.4, -0.2) is 49.3 Å². The van der Waals surface area contributed by atoms with E-state index in [1.54, 1.807) is 0 Å². The van der Waals surface area contributed by atoms with Gasteiger partial charge in [-0.3, -0.25) is 0 Å². The molecule has 0 aromatic carbocycles. The van der Waals surface area contributed by atoms with Gasteiger partial charge in [0.25, 0.3) is 0 Å².